The van der Waals surface area contributed by atoms with Crippen molar-refractivity contribution < 1.29 is 9.18 Å². The van der Waals surface area contributed by atoms with Gasteiger partial charge in [-0.2, -0.15) is 0 Å². The first-order chi connectivity index (χ1) is 10.4. The molecule has 1 fully saturated rings. The van der Waals surface area contributed by atoms with E-state index in [1.807, 2.05) is 13.8 Å². The van der Waals surface area contributed by atoms with Gasteiger partial charge < -0.3 is 10.6 Å². The lowest BCUT2D eigenvalue weighted by Gasteiger charge is -2.29. The fourth-order valence-electron chi connectivity index (χ4n) is 3.07. The zero-order valence-corrected chi connectivity index (χ0v) is 16.0. The molecule has 0 saturated heterocycles. The lowest BCUT2D eigenvalue weighted by atomic mass is 9.99. The molecule has 0 heterocycles. The van der Waals surface area contributed by atoms with Crippen molar-refractivity contribution >= 4 is 34.2 Å². The van der Waals surface area contributed by atoms with Gasteiger partial charge in [0, 0.05) is 35.1 Å². The Morgan fingerprint density at radius 3 is 2.70 bits per heavy atom. The van der Waals surface area contributed by atoms with Crippen LogP contribution in [-0.4, -0.2) is 22.9 Å². The predicted molar refractivity (Wildman–Crippen MR) is 97.0 cm³/mol. The van der Waals surface area contributed by atoms with Crippen molar-refractivity contribution in [1.82, 2.24) is 4.90 Å². The number of benzene rings is 1. The normalized spacial score (nSPS) is 20.4. The Kier molecular flexibility index (Phi) is 7.98. The zero-order valence-electron chi connectivity index (χ0n) is 13.6. The second kappa shape index (κ2) is 9.00. The smallest absolute Gasteiger partial charge is 0.223 e. The summed E-state index contributed by atoms with van der Waals surface area (Å²) in [4.78, 5) is 14.4. The number of nitrogens with zero attached hydrogens (tertiary/aromatic N) is 1. The first-order valence-corrected chi connectivity index (χ1v) is 8.66. The molecule has 1 aliphatic carbocycles. The average Bonchev–Trinajstić information content (AvgIpc) is 2.84. The molecule has 1 aromatic rings. The van der Waals surface area contributed by atoms with Crippen LogP contribution in [0, 0.1) is 11.7 Å². The molecule has 0 unspecified atom stereocenters. The number of carbonyl (C=O) groups excluding carboxylic acids is 1. The molecule has 1 aromatic carbocycles. The zero-order chi connectivity index (χ0) is 16.3. The third kappa shape index (κ3) is 5.44. The second-order valence-electron chi connectivity index (χ2n) is 6.41. The maximum absolute atomic E-state index is 13.9. The molecular formula is C17H25BrClFN2O. The van der Waals surface area contributed by atoms with Crippen molar-refractivity contribution in [3.63, 3.8) is 0 Å². The molecule has 0 radical (unpaired) electrons. The number of carbonyl (C=O) groups is 1. The average molecular weight is 408 g/mol. The van der Waals surface area contributed by atoms with Crippen LogP contribution in [0.15, 0.2) is 22.7 Å². The standard InChI is InChI=1S/C17H24BrFN2O.ClH/c1-11(2)21(10-13-8-14(18)6-7-15(13)19)17(22)9-12-4-3-5-16(12)20;/h6-8,11-12,16H,3-5,9-10,20H2,1-2H3;1H/t12-,16+;/m0./s1. The minimum absolute atomic E-state index is 0. The van der Waals surface area contributed by atoms with Crippen molar-refractivity contribution in [1.29, 1.82) is 0 Å². The quantitative estimate of drug-likeness (QED) is 0.792. The van der Waals surface area contributed by atoms with Crippen LogP contribution in [0.2, 0.25) is 0 Å². The van der Waals surface area contributed by atoms with E-state index in [0.717, 1.165) is 23.7 Å². The summed E-state index contributed by atoms with van der Waals surface area (Å²) in [5.41, 5.74) is 6.60. The molecule has 130 valence electrons. The Balaban J connectivity index is 0.00000264. The molecule has 23 heavy (non-hydrogen) atoms. The lowest BCUT2D eigenvalue weighted by molar-refractivity contribution is -0.134. The van der Waals surface area contributed by atoms with Crippen LogP contribution >= 0.6 is 28.3 Å². The highest BCUT2D eigenvalue weighted by atomic mass is 79.9. The van der Waals surface area contributed by atoms with Gasteiger partial charge in [-0.05, 0) is 50.8 Å². The SMILES string of the molecule is CC(C)N(Cc1cc(Br)ccc1F)C(=O)C[C@@H]1CCC[C@H]1N.Cl. The van der Waals surface area contributed by atoms with E-state index in [4.69, 9.17) is 5.73 Å². The summed E-state index contributed by atoms with van der Waals surface area (Å²) in [6, 6.07) is 4.98. The summed E-state index contributed by atoms with van der Waals surface area (Å²) in [6.07, 6.45) is 3.58. The van der Waals surface area contributed by atoms with Crippen LogP contribution in [0.5, 0.6) is 0 Å². The van der Waals surface area contributed by atoms with Crippen LogP contribution < -0.4 is 5.73 Å². The highest BCUT2D eigenvalue weighted by Crippen LogP contribution is 2.28. The summed E-state index contributed by atoms with van der Waals surface area (Å²) < 4.78 is 14.8. The monoisotopic (exact) mass is 406 g/mol. The molecule has 2 N–H and O–H groups in total. The molecule has 0 spiro atoms. The molecule has 6 heteroatoms. The summed E-state index contributed by atoms with van der Waals surface area (Å²) in [5, 5.41) is 0. The molecule has 3 nitrogen and oxygen atoms in total. The Bertz CT molecular complexity index is 541. The van der Waals surface area contributed by atoms with Crippen LogP contribution in [-0.2, 0) is 11.3 Å². The van der Waals surface area contributed by atoms with Gasteiger partial charge in [0.25, 0.3) is 0 Å². The van der Waals surface area contributed by atoms with Gasteiger partial charge in [0.1, 0.15) is 5.82 Å². The molecular weight excluding hydrogens is 383 g/mol. The number of nitrogens with two attached hydrogens (primary N) is 1. The van der Waals surface area contributed by atoms with E-state index >= 15 is 0 Å². The highest BCUT2D eigenvalue weighted by Gasteiger charge is 2.29. The minimum atomic E-state index is -0.279. The number of hydrogen-bond acceptors (Lipinski definition) is 2. The van der Waals surface area contributed by atoms with E-state index in [2.05, 4.69) is 15.9 Å². The molecule has 1 aliphatic rings. The van der Waals surface area contributed by atoms with E-state index in [9.17, 15) is 9.18 Å². The molecule has 0 aromatic heterocycles. The first-order valence-electron chi connectivity index (χ1n) is 7.87. The second-order valence-corrected chi connectivity index (χ2v) is 7.33. The Morgan fingerprint density at radius 2 is 2.13 bits per heavy atom. The molecule has 0 bridgehead atoms. The Morgan fingerprint density at radius 1 is 1.43 bits per heavy atom. The Hall–Kier alpha value is -0.650. The minimum Gasteiger partial charge on any atom is -0.336 e. The fraction of sp³-hybridized carbons (Fsp3) is 0.588. The predicted octanol–water partition coefficient (Wildman–Crippen LogP) is 4.26. The van der Waals surface area contributed by atoms with Gasteiger partial charge in [0.2, 0.25) is 5.91 Å². The van der Waals surface area contributed by atoms with Crippen molar-refractivity contribution in [3.8, 4) is 0 Å². The molecule has 2 rings (SSSR count). The van der Waals surface area contributed by atoms with Gasteiger partial charge in [-0.15, -0.1) is 12.4 Å². The van der Waals surface area contributed by atoms with Crippen LogP contribution in [0.1, 0.15) is 45.1 Å². The number of rotatable bonds is 5. The Labute approximate surface area is 152 Å². The summed E-state index contributed by atoms with van der Waals surface area (Å²) in [7, 11) is 0. The van der Waals surface area contributed by atoms with Gasteiger partial charge in [-0.1, -0.05) is 22.4 Å². The van der Waals surface area contributed by atoms with Gasteiger partial charge in [-0.3, -0.25) is 4.79 Å². The molecule has 1 amide bonds. The number of halogens is 3. The van der Waals surface area contributed by atoms with E-state index < -0.39 is 0 Å². The van der Waals surface area contributed by atoms with Crippen LogP contribution in [0.25, 0.3) is 0 Å². The largest absolute Gasteiger partial charge is 0.336 e. The van der Waals surface area contributed by atoms with Gasteiger partial charge in [0.05, 0.1) is 0 Å². The van der Waals surface area contributed by atoms with E-state index in [0.29, 0.717) is 18.5 Å². The van der Waals surface area contributed by atoms with Crippen LogP contribution in [0.3, 0.4) is 0 Å². The first kappa shape index (κ1) is 20.4. The van der Waals surface area contributed by atoms with Crippen molar-refractivity contribution in [2.45, 2.75) is 58.2 Å². The van der Waals surface area contributed by atoms with Gasteiger partial charge in [-0.25, -0.2) is 4.39 Å². The molecule has 0 aliphatic heterocycles. The van der Waals surface area contributed by atoms with Crippen LogP contribution in [0.4, 0.5) is 4.39 Å². The highest BCUT2D eigenvalue weighted by molar-refractivity contribution is 9.10. The third-order valence-corrected chi connectivity index (χ3v) is 4.94. The fourth-order valence-corrected chi connectivity index (χ4v) is 3.48. The maximum atomic E-state index is 13.9. The summed E-state index contributed by atoms with van der Waals surface area (Å²) >= 11 is 3.35. The van der Waals surface area contributed by atoms with Crippen molar-refractivity contribution in [2.24, 2.45) is 11.7 Å². The van der Waals surface area contributed by atoms with Crippen molar-refractivity contribution in [3.05, 3.63) is 34.1 Å². The van der Waals surface area contributed by atoms with E-state index in [-0.39, 0.29) is 42.1 Å². The van der Waals surface area contributed by atoms with Crippen molar-refractivity contribution in [2.75, 3.05) is 0 Å². The molecule has 1 saturated carbocycles. The number of amides is 1. The van der Waals surface area contributed by atoms with Gasteiger partial charge >= 0.3 is 0 Å². The lowest BCUT2D eigenvalue weighted by Crippen LogP contribution is -2.39. The van der Waals surface area contributed by atoms with E-state index in [1.54, 1.807) is 17.0 Å². The number of hydrogen-bond donors (Lipinski definition) is 1. The maximum Gasteiger partial charge on any atom is 0.223 e. The van der Waals surface area contributed by atoms with E-state index in [1.165, 1.54) is 6.07 Å². The summed E-state index contributed by atoms with van der Waals surface area (Å²) in [6.45, 7) is 4.22. The van der Waals surface area contributed by atoms with Gasteiger partial charge in [0.15, 0.2) is 0 Å². The topological polar surface area (TPSA) is 46.3 Å². The molecule has 2 atom stereocenters. The third-order valence-electron chi connectivity index (χ3n) is 4.45. The summed E-state index contributed by atoms with van der Waals surface area (Å²) in [5.74, 6) is 0.0528.